The summed E-state index contributed by atoms with van der Waals surface area (Å²) >= 11 is 0. The second-order valence-corrected chi connectivity index (χ2v) is 7.47. The SMILES string of the molecule is CCNC(=NCCc1nccn1Cc1ccccc1)N1CCN(c2ncccn2)CC1.I. The third kappa shape index (κ3) is 6.41. The highest BCUT2D eigenvalue weighted by Gasteiger charge is 2.21. The summed E-state index contributed by atoms with van der Waals surface area (Å²) in [6.45, 7) is 8.06. The number of rotatable bonds is 7. The van der Waals surface area contributed by atoms with Crippen molar-refractivity contribution in [3.63, 3.8) is 0 Å². The van der Waals surface area contributed by atoms with Gasteiger partial charge in [-0.1, -0.05) is 30.3 Å². The normalized spacial score (nSPS) is 14.2. The molecule has 32 heavy (non-hydrogen) atoms. The molecule has 0 bridgehead atoms. The van der Waals surface area contributed by atoms with E-state index in [1.54, 1.807) is 12.4 Å². The van der Waals surface area contributed by atoms with E-state index in [4.69, 9.17) is 4.99 Å². The lowest BCUT2D eigenvalue weighted by molar-refractivity contribution is 0.370. The molecule has 0 radical (unpaired) electrons. The Hall–Kier alpha value is -2.69. The first-order valence-corrected chi connectivity index (χ1v) is 10.9. The number of nitrogens with one attached hydrogen (secondary N) is 1. The molecule has 9 heteroatoms. The molecule has 0 amide bonds. The summed E-state index contributed by atoms with van der Waals surface area (Å²) in [6.07, 6.45) is 8.32. The molecule has 3 aromatic rings. The monoisotopic (exact) mass is 546 g/mol. The highest BCUT2D eigenvalue weighted by atomic mass is 127. The van der Waals surface area contributed by atoms with Gasteiger partial charge >= 0.3 is 0 Å². The number of guanidine groups is 1. The summed E-state index contributed by atoms with van der Waals surface area (Å²) in [4.78, 5) is 22.7. The Morgan fingerprint density at radius 3 is 2.44 bits per heavy atom. The molecule has 4 rings (SSSR count). The highest BCUT2D eigenvalue weighted by Crippen LogP contribution is 2.10. The number of hydrogen-bond acceptors (Lipinski definition) is 5. The fourth-order valence-electron chi connectivity index (χ4n) is 3.75. The van der Waals surface area contributed by atoms with Gasteiger partial charge in [-0.15, -0.1) is 24.0 Å². The van der Waals surface area contributed by atoms with Crippen LogP contribution in [0.15, 0.2) is 66.2 Å². The number of piperazine rings is 1. The van der Waals surface area contributed by atoms with Crippen LogP contribution in [0.5, 0.6) is 0 Å². The zero-order valence-electron chi connectivity index (χ0n) is 18.5. The number of hydrogen-bond donors (Lipinski definition) is 1. The number of nitrogens with zero attached hydrogens (tertiary/aromatic N) is 7. The van der Waals surface area contributed by atoms with Crippen molar-refractivity contribution in [1.29, 1.82) is 0 Å². The maximum atomic E-state index is 4.89. The molecule has 170 valence electrons. The van der Waals surface area contributed by atoms with E-state index in [1.165, 1.54) is 5.56 Å². The standard InChI is InChI=1S/C23H30N8.HI/c1-2-24-22(29-15-17-30(18-16-29)23-26-10-6-11-27-23)28-12-9-21-25-13-14-31(21)19-20-7-4-3-5-8-20;/h3-8,10-11,13-14H,2,9,12,15-19H2,1H3,(H,24,28);1H. The van der Waals surface area contributed by atoms with Gasteiger partial charge in [-0.25, -0.2) is 15.0 Å². The fraction of sp³-hybridized carbons (Fsp3) is 0.391. The van der Waals surface area contributed by atoms with Crippen molar-refractivity contribution >= 4 is 35.9 Å². The minimum Gasteiger partial charge on any atom is -0.357 e. The highest BCUT2D eigenvalue weighted by molar-refractivity contribution is 14.0. The molecular formula is C23H31IN8. The molecule has 1 aliphatic heterocycles. The van der Waals surface area contributed by atoms with Gasteiger partial charge in [0.05, 0.1) is 0 Å². The van der Waals surface area contributed by atoms with Crippen molar-refractivity contribution < 1.29 is 0 Å². The van der Waals surface area contributed by atoms with Gasteiger partial charge in [-0.3, -0.25) is 4.99 Å². The number of aromatic nitrogens is 4. The minimum atomic E-state index is 0. The lowest BCUT2D eigenvalue weighted by Gasteiger charge is -2.36. The number of aliphatic imine (C=N–C) groups is 1. The fourth-order valence-corrected chi connectivity index (χ4v) is 3.75. The molecule has 0 atom stereocenters. The third-order valence-corrected chi connectivity index (χ3v) is 5.34. The van der Waals surface area contributed by atoms with Crippen LogP contribution in [0, 0.1) is 0 Å². The molecule has 1 aliphatic rings. The molecule has 0 aliphatic carbocycles. The molecule has 1 fully saturated rings. The van der Waals surface area contributed by atoms with Gasteiger partial charge in [0.25, 0.3) is 0 Å². The van der Waals surface area contributed by atoms with Crippen molar-refractivity contribution in [3.05, 3.63) is 72.6 Å². The second-order valence-electron chi connectivity index (χ2n) is 7.47. The molecule has 1 aromatic carbocycles. The maximum absolute atomic E-state index is 4.89. The maximum Gasteiger partial charge on any atom is 0.225 e. The van der Waals surface area contributed by atoms with E-state index in [2.05, 4.69) is 65.8 Å². The average molecular weight is 546 g/mol. The van der Waals surface area contributed by atoms with E-state index in [0.29, 0.717) is 6.54 Å². The molecule has 0 unspecified atom stereocenters. The number of halogens is 1. The second kappa shape index (κ2) is 12.4. The van der Waals surface area contributed by atoms with Crippen LogP contribution in [0.4, 0.5) is 5.95 Å². The first-order valence-electron chi connectivity index (χ1n) is 10.9. The predicted octanol–water partition coefficient (Wildman–Crippen LogP) is 2.67. The molecule has 0 saturated carbocycles. The van der Waals surface area contributed by atoms with Crippen molar-refractivity contribution in [3.8, 4) is 0 Å². The van der Waals surface area contributed by atoms with Crippen LogP contribution in [0.1, 0.15) is 18.3 Å². The summed E-state index contributed by atoms with van der Waals surface area (Å²) in [7, 11) is 0. The molecule has 1 N–H and O–H groups in total. The van der Waals surface area contributed by atoms with Crippen molar-refractivity contribution in [1.82, 2.24) is 29.7 Å². The van der Waals surface area contributed by atoms with Crippen LogP contribution in [-0.4, -0.2) is 69.6 Å². The Bertz CT molecular complexity index is 952. The minimum absolute atomic E-state index is 0. The zero-order valence-corrected chi connectivity index (χ0v) is 20.8. The topological polar surface area (TPSA) is 74.5 Å². The van der Waals surface area contributed by atoms with Gasteiger partial charge in [0, 0.05) is 77.0 Å². The predicted molar refractivity (Wildman–Crippen MR) is 139 cm³/mol. The van der Waals surface area contributed by atoms with E-state index < -0.39 is 0 Å². The Kier molecular flexibility index (Phi) is 9.27. The van der Waals surface area contributed by atoms with Crippen LogP contribution in [0.3, 0.4) is 0 Å². The summed E-state index contributed by atoms with van der Waals surface area (Å²) in [5.74, 6) is 2.83. The Labute approximate surface area is 206 Å². The molecule has 2 aromatic heterocycles. The van der Waals surface area contributed by atoms with E-state index in [-0.39, 0.29) is 24.0 Å². The lowest BCUT2D eigenvalue weighted by atomic mass is 10.2. The van der Waals surface area contributed by atoms with Crippen molar-refractivity contribution in [2.75, 3.05) is 44.2 Å². The van der Waals surface area contributed by atoms with E-state index >= 15 is 0 Å². The van der Waals surface area contributed by atoms with Crippen LogP contribution >= 0.6 is 24.0 Å². The smallest absolute Gasteiger partial charge is 0.225 e. The first kappa shape index (κ1) is 24.0. The van der Waals surface area contributed by atoms with Crippen molar-refractivity contribution in [2.45, 2.75) is 19.9 Å². The summed E-state index contributed by atoms with van der Waals surface area (Å²) in [5, 5.41) is 3.44. The van der Waals surface area contributed by atoms with Gasteiger partial charge in [0.2, 0.25) is 5.95 Å². The molecule has 8 nitrogen and oxygen atoms in total. The lowest BCUT2D eigenvalue weighted by Crippen LogP contribution is -2.53. The number of imidazole rings is 1. The summed E-state index contributed by atoms with van der Waals surface area (Å²) in [5.41, 5.74) is 1.28. The number of benzene rings is 1. The Morgan fingerprint density at radius 2 is 1.72 bits per heavy atom. The summed E-state index contributed by atoms with van der Waals surface area (Å²) < 4.78 is 2.20. The van der Waals surface area contributed by atoms with E-state index in [9.17, 15) is 0 Å². The average Bonchev–Trinajstić information content (AvgIpc) is 3.26. The zero-order chi connectivity index (χ0) is 21.3. The number of anilines is 1. The van der Waals surface area contributed by atoms with Crippen LogP contribution in [0.2, 0.25) is 0 Å². The van der Waals surface area contributed by atoms with E-state index in [1.807, 2.05) is 24.5 Å². The van der Waals surface area contributed by atoms with E-state index in [0.717, 1.165) is 63.4 Å². The molecule has 1 saturated heterocycles. The van der Waals surface area contributed by atoms with Crippen LogP contribution < -0.4 is 10.2 Å². The quantitative estimate of drug-likeness (QED) is 0.279. The Balaban J connectivity index is 0.00000289. The van der Waals surface area contributed by atoms with Crippen molar-refractivity contribution in [2.24, 2.45) is 4.99 Å². The van der Waals surface area contributed by atoms with Gasteiger partial charge < -0.3 is 19.7 Å². The van der Waals surface area contributed by atoms with Crippen LogP contribution in [-0.2, 0) is 13.0 Å². The van der Waals surface area contributed by atoms with Crippen LogP contribution in [0.25, 0.3) is 0 Å². The first-order chi connectivity index (χ1) is 15.3. The molecule has 3 heterocycles. The van der Waals surface area contributed by atoms with Gasteiger partial charge in [-0.05, 0) is 18.6 Å². The summed E-state index contributed by atoms with van der Waals surface area (Å²) in [6, 6.07) is 12.3. The van der Waals surface area contributed by atoms with Gasteiger partial charge in [-0.2, -0.15) is 0 Å². The van der Waals surface area contributed by atoms with Gasteiger partial charge in [0.15, 0.2) is 5.96 Å². The molecule has 0 spiro atoms. The van der Waals surface area contributed by atoms with Gasteiger partial charge in [0.1, 0.15) is 5.82 Å². The largest absolute Gasteiger partial charge is 0.357 e. The third-order valence-electron chi connectivity index (χ3n) is 5.34. The Morgan fingerprint density at radius 1 is 0.969 bits per heavy atom. The molecular weight excluding hydrogens is 515 g/mol.